The normalized spacial score (nSPS) is 13.3. The fourth-order valence-corrected chi connectivity index (χ4v) is 3.10. The molecule has 0 aliphatic carbocycles. The zero-order valence-corrected chi connectivity index (χ0v) is 15.7. The van der Waals surface area contributed by atoms with E-state index in [1.54, 1.807) is 31.2 Å². The van der Waals surface area contributed by atoms with Crippen LogP contribution in [-0.4, -0.2) is 18.5 Å². The standard InChI is InChI=1S/C19H21Cl2FN2O/c1-12(17-8-5-15(20)11-18(17)21)24-13(2)19(25)23-10-9-14-3-6-16(22)7-4-14/h3-8,11-13,24H,9-10H2,1-2H3,(H,23,25). The second-order valence-electron chi connectivity index (χ2n) is 5.94. The summed E-state index contributed by atoms with van der Waals surface area (Å²) in [5.41, 5.74) is 1.86. The average molecular weight is 383 g/mol. The molecule has 0 spiro atoms. The van der Waals surface area contributed by atoms with Crippen LogP contribution in [0.25, 0.3) is 0 Å². The number of hydrogen-bond acceptors (Lipinski definition) is 2. The maximum absolute atomic E-state index is 12.9. The lowest BCUT2D eigenvalue weighted by Gasteiger charge is -2.21. The van der Waals surface area contributed by atoms with Crippen molar-refractivity contribution < 1.29 is 9.18 Å². The van der Waals surface area contributed by atoms with E-state index >= 15 is 0 Å². The van der Waals surface area contributed by atoms with E-state index in [1.807, 2.05) is 13.0 Å². The molecule has 0 bridgehead atoms. The summed E-state index contributed by atoms with van der Waals surface area (Å²) in [4.78, 5) is 12.2. The Kier molecular flexibility index (Phi) is 7.24. The molecule has 1 amide bonds. The van der Waals surface area contributed by atoms with Crippen LogP contribution >= 0.6 is 23.2 Å². The molecule has 25 heavy (non-hydrogen) atoms. The zero-order chi connectivity index (χ0) is 18.4. The third-order valence-corrected chi connectivity index (χ3v) is 4.51. The average Bonchev–Trinajstić information content (AvgIpc) is 2.56. The summed E-state index contributed by atoms with van der Waals surface area (Å²) in [5, 5.41) is 7.24. The molecule has 0 radical (unpaired) electrons. The van der Waals surface area contributed by atoms with Crippen molar-refractivity contribution in [3.05, 3.63) is 69.5 Å². The van der Waals surface area contributed by atoms with E-state index in [0.717, 1.165) is 11.1 Å². The van der Waals surface area contributed by atoms with Gasteiger partial charge >= 0.3 is 0 Å². The SMILES string of the molecule is CC(NC(C)c1ccc(Cl)cc1Cl)C(=O)NCCc1ccc(F)cc1. The molecule has 0 fully saturated rings. The fraction of sp³-hybridized carbons (Fsp3) is 0.316. The van der Waals surface area contributed by atoms with Gasteiger partial charge in [0.05, 0.1) is 6.04 Å². The van der Waals surface area contributed by atoms with E-state index in [2.05, 4.69) is 10.6 Å². The molecule has 2 unspecified atom stereocenters. The summed E-state index contributed by atoms with van der Waals surface area (Å²) in [7, 11) is 0. The van der Waals surface area contributed by atoms with Gasteiger partial charge in [-0.2, -0.15) is 0 Å². The summed E-state index contributed by atoms with van der Waals surface area (Å²) in [5.74, 6) is -0.362. The van der Waals surface area contributed by atoms with Crippen molar-refractivity contribution in [3.8, 4) is 0 Å². The largest absolute Gasteiger partial charge is 0.354 e. The smallest absolute Gasteiger partial charge is 0.236 e. The highest BCUT2D eigenvalue weighted by Gasteiger charge is 2.17. The van der Waals surface area contributed by atoms with E-state index in [4.69, 9.17) is 23.2 Å². The van der Waals surface area contributed by atoms with Gasteiger partial charge < -0.3 is 5.32 Å². The highest BCUT2D eigenvalue weighted by molar-refractivity contribution is 6.35. The first-order valence-corrected chi connectivity index (χ1v) is 8.85. The molecule has 0 saturated carbocycles. The topological polar surface area (TPSA) is 41.1 Å². The lowest BCUT2D eigenvalue weighted by Crippen LogP contribution is -2.43. The Labute approximate surface area is 157 Å². The van der Waals surface area contributed by atoms with Crippen LogP contribution in [0.1, 0.15) is 31.0 Å². The van der Waals surface area contributed by atoms with Gasteiger partial charge in [-0.1, -0.05) is 41.4 Å². The van der Waals surface area contributed by atoms with E-state index in [1.165, 1.54) is 12.1 Å². The molecule has 2 atom stereocenters. The molecule has 2 N–H and O–H groups in total. The first kappa shape index (κ1) is 19.7. The van der Waals surface area contributed by atoms with Crippen LogP contribution in [0.5, 0.6) is 0 Å². The number of rotatable bonds is 7. The molecule has 0 saturated heterocycles. The van der Waals surface area contributed by atoms with Crippen molar-refractivity contribution in [1.29, 1.82) is 0 Å². The van der Waals surface area contributed by atoms with Crippen LogP contribution in [0.15, 0.2) is 42.5 Å². The highest BCUT2D eigenvalue weighted by atomic mass is 35.5. The summed E-state index contributed by atoms with van der Waals surface area (Å²) >= 11 is 12.1. The van der Waals surface area contributed by atoms with Gasteiger partial charge in [-0.05, 0) is 55.7 Å². The zero-order valence-electron chi connectivity index (χ0n) is 14.2. The van der Waals surface area contributed by atoms with Crippen molar-refractivity contribution in [1.82, 2.24) is 10.6 Å². The number of carbonyl (C=O) groups is 1. The number of hydrogen-bond donors (Lipinski definition) is 2. The Morgan fingerprint density at radius 1 is 1.12 bits per heavy atom. The molecule has 2 rings (SSSR count). The van der Waals surface area contributed by atoms with Gasteiger partial charge in [0.2, 0.25) is 5.91 Å². The molecular weight excluding hydrogens is 362 g/mol. The van der Waals surface area contributed by atoms with Crippen molar-refractivity contribution >= 4 is 29.1 Å². The molecule has 0 aromatic heterocycles. The van der Waals surface area contributed by atoms with E-state index < -0.39 is 0 Å². The Morgan fingerprint density at radius 2 is 1.80 bits per heavy atom. The van der Waals surface area contributed by atoms with Gasteiger partial charge in [0.25, 0.3) is 0 Å². The number of benzene rings is 2. The summed E-state index contributed by atoms with van der Waals surface area (Å²) in [6.07, 6.45) is 0.650. The molecule has 2 aromatic carbocycles. The quantitative estimate of drug-likeness (QED) is 0.738. The summed E-state index contributed by atoms with van der Waals surface area (Å²) in [6, 6.07) is 11.1. The first-order valence-electron chi connectivity index (χ1n) is 8.10. The minimum absolute atomic E-state index is 0.0948. The summed E-state index contributed by atoms with van der Waals surface area (Å²) < 4.78 is 12.9. The third-order valence-electron chi connectivity index (χ3n) is 3.95. The minimum Gasteiger partial charge on any atom is -0.354 e. The Morgan fingerprint density at radius 3 is 2.44 bits per heavy atom. The van der Waals surface area contributed by atoms with Crippen LogP contribution in [0.2, 0.25) is 10.0 Å². The number of halogens is 3. The van der Waals surface area contributed by atoms with Crippen molar-refractivity contribution in [2.75, 3.05) is 6.54 Å². The number of carbonyl (C=O) groups excluding carboxylic acids is 1. The minimum atomic E-state index is -0.380. The molecule has 3 nitrogen and oxygen atoms in total. The van der Waals surface area contributed by atoms with Gasteiger partial charge in [-0.25, -0.2) is 4.39 Å². The molecular formula is C19H21Cl2FN2O. The maximum atomic E-state index is 12.9. The van der Waals surface area contributed by atoms with Crippen molar-refractivity contribution in [3.63, 3.8) is 0 Å². The molecule has 2 aromatic rings. The molecule has 0 aliphatic heterocycles. The van der Waals surface area contributed by atoms with Crippen LogP contribution in [0.3, 0.4) is 0 Å². The van der Waals surface area contributed by atoms with Gasteiger partial charge in [0, 0.05) is 22.6 Å². The second-order valence-corrected chi connectivity index (χ2v) is 6.79. The van der Waals surface area contributed by atoms with Gasteiger partial charge in [-0.15, -0.1) is 0 Å². The predicted octanol–water partition coefficient (Wildman–Crippen LogP) is 4.53. The van der Waals surface area contributed by atoms with Gasteiger partial charge in [0.1, 0.15) is 5.82 Å². The van der Waals surface area contributed by atoms with Crippen LogP contribution in [0.4, 0.5) is 4.39 Å². The van der Waals surface area contributed by atoms with E-state index in [0.29, 0.717) is 23.0 Å². The molecule has 134 valence electrons. The van der Waals surface area contributed by atoms with Gasteiger partial charge in [-0.3, -0.25) is 10.1 Å². The lowest BCUT2D eigenvalue weighted by atomic mass is 10.1. The number of amides is 1. The Hall–Kier alpha value is -1.62. The molecule has 0 aliphatic rings. The van der Waals surface area contributed by atoms with Crippen LogP contribution < -0.4 is 10.6 Å². The Bertz CT molecular complexity index is 722. The maximum Gasteiger partial charge on any atom is 0.236 e. The van der Waals surface area contributed by atoms with E-state index in [-0.39, 0.29) is 23.8 Å². The fourth-order valence-electron chi connectivity index (χ4n) is 2.53. The predicted molar refractivity (Wildman–Crippen MR) is 101 cm³/mol. The van der Waals surface area contributed by atoms with Crippen LogP contribution in [0, 0.1) is 5.82 Å². The number of nitrogens with one attached hydrogen (secondary N) is 2. The third kappa shape index (κ3) is 5.99. The van der Waals surface area contributed by atoms with Gasteiger partial charge in [0.15, 0.2) is 0 Å². The molecule has 6 heteroatoms. The molecule has 0 heterocycles. The first-order chi connectivity index (χ1) is 11.9. The second kappa shape index (κ2) is 9.18. The lowest BCUT2D eigenvalue weighted by molar-refractivity contribution is -0.122. The van der Waals surface area contributed by atoms with Crippen LogP contribution in [-0.2, 0) is 11.2 Å². The Balaban J connectivity index is 1.82. The summed E-state index contributed by atoms with van der Waals surface area (Å²) in [6.45, 7) is 4.23. The van der Waals surface area contributed by atoms with E-state index in [9.17, 15) is 9.18 Å². The van der Waals surface area contributed by atoms with Crippen molar-refractivity contribution in [2.45, 2.75) is 32.4 Å². The van der Waals surface area contributed by atoms with Crippen molar-refractivity contribution in [2.24, 2.45) is 0 Å². The monoisotopic (exact) mass is 382 g/mol. The highest BCUT2D eigenvalue weighted by Crippen LogP contribution is 2.26.